The quantitative estimate of drug-likeness (QED) is 0.459. The summed E-state index contributed by atoms with van der Waals surface area (Å²) in [5.74, 6) is 5.63. The molecule has 7 heteroatoms. The number of nitrogens with one attached hydrogen (secondary N) is 2. The van der Waals surface area contributed by atoms with Crippen LogP contribution >= 0.6 is 23.2 Å². The molecule has 0 amide bonds. The van der Waals surface area contributed by atoms with Crippen LogP contribution in [-0.4, -0.2) is 4.98 Å². The molecule has 4 N–H and O–H groups in total. The van der Waals surface area contributed by atoms with Gasteiger partial charge in [-0.3, -0.25) is 0 Å². The van der Waals surface area contributed by atoms with Crippen LogP contribution in [-0.2, 0) is 0 Å². The SMILES string of the molecule is NNc1cccc(Nc2cc(Cl)c(F)c(Cl)c2)n1. The molecule has 0 bridgehead atoms. The highest BCUT2D eigenvalue weighted by Gasteiger charge is 2.08. The van der Waals surface area contributed by atoms with E-state index in [0.29, 0.717) is 17.3 Å². The summed E-state index contributed by atoms with van der Waals surface area (Å²) < 4.78 is 13.2. The first-order valence-electron chi connectivity index (χ1n) is 4.95. The van der Waals surface area contributed by atoms with Gasteiger partial charge < -0.3 is 10.7 Å². The molecular weight excluding hydrogens is 278 g/mol. The number of nitrogens with two attached hydrogens (primary N) is 1. The second-order valence-electron chi connectivity index (χ2n) is 3.43. The minimum atomic E-state index is -0.644. The Bertz CT molecular complexity index is 554. The standard InChI is InChI=1S/C11H9Cl2FN4/c12-7-4-6(5-8(13)11(7)14)16-9-2-1-3-10(17-9)18-15/h1-5H,15H2,(H2,16,17,18). The molecule has 94 valence electrons. The van der Waals surface area contributed by atoms with Crippen molar-refractivity contribution in [3.05, 3.63) is 46.2 Å². The molecule has 0 aliphatic heterocycles. The van der Waals surface area contributed by atoms with Crippen LogP contribution in [0.5, 0.6) is 0 Å². The van der Waals surface area contributed by atoms with Crippen molar-refractivity contribution in [1.29, 1.82) is 0 Å². The van der Waals surface area contributed by atoms with E-state index in [-0.39, 0.29) is 10.0 Å². The normalized spacial score (nSPS) is 10.2. The van der Waals surface area contributed by atoms with E-state index in [1.807, 2.05) is 0 Å². The number of nitrogens with zero attached hydrogens (tertiary/aromatic N) is 1. The van der Waals surface area contributed by atoms with Gasteiger partial charge in [-0.25, -0.2) is 15.2 Å². The number of pyridine rings is 1. The number of hydrazine groups is 1. The van der Waals surface area contributed by atoms with Gasteiger partial charge in [-0.2, -0.15) is 0 Å². The van der Waals surface area contributed by atoms with Gasteiger partial charge in [0.05, 0.1) is 10.0 Å². The zero-order valence-corrected chi connectivity index (χ0v) is 10.6. The maximum Gasteiger partial charge on any atom is 0.160 e. The van der Waals surface area contributed by atoms with Crippen molar-refractivity contribution in [2.45, 2.75) is 0 Å². The maximum atomic E-state index is 13.2. The van der Waals surface area contributed by atoms with E-state index in [2.05, 4.69) is 15.7 Å². The van der Waals surface area contributed by atoms with E-state index in [9.17, 15) is 4.39 Å². The largest absolute Gasteiger partial charge is 0.340 e. The topological polar surface area (TPSA) is 63.0 Å². The first-order chi connectivity index (χ1) is 8.60. The Morgan fingerprint density at radius 2 is 1.72 bits per heavy atom. The van der Waals surface area contributed by atoms with Gasteiger partial charge in [-0.05, 0) is 24.3 Å². The first-order valence-corrected chi connectivity index (χ1v) is 5.71. The minimum absolute atomic E-state index is 0.0573. The predicted octanol–water partition coefficient (Wildman–Crippen LogP) is 3.56. The summed E-state index contributed by atoms with van der Waals surface area (Å²) in [5.41, 5.74) is 2.96. The van der Waals surface area contributed by atoms with Crippen molar-refractivity contribution < 1.29 is 4.39 Å². The number of anilines is 3. The molecular formula is C11H9Cl2FN4. The third-order valence-corrected chi connectivity index (χ3v) is 2.70. The lowest BCUT2D eigenvalue weighted by Crippen LogP contribution is -2.08. The van der Waals surface area contributed by atoms with Crippen LogP contribution < -0.4 is 16.6 Å². The van der Waals surface area contributed by atoms with Gasteiger partial charge in [-0.15, -0.1) is 0 Å². The van der Waals surface area contributed by atoms with Gasteiger partial charge in [0.1, 0.15) is 11.6 Å². The molecule has 0 saturated heterocycles. The van der Waals surface area contributed by atoms with Crippen LogP contribution in [0.2, 0.25) is 10.0 Å². The van der Waals surface area contributed by atoms with Crippen molar-refractivity contribution in [3.8, 4) is 0 Å². The molecule has 1 heterocycles. The van der Waals surface area contributed by atoms with Gasteiger partial charge in [0.25, 0.3) is 0 Å². The Labute approximate surface area is 113 Å². The fourth-order valence-corrected chi connectivity index (χ4v) is 1.85. The van der Waals surface area contributed by atoms with Crippen LogP contribution in [0.3, 0.4) is 0 Å². The number of nitrogen functional groups attached to an aromatic ring is 1. The summed E-state index contributed by atoms with van der Waals surface area (Å²) in [6.07, 6.45) is 0. The van der Waals surface area contributed by atoms with E-state index in [0.717, 1.165) is 0 Å². The van der Waals surface area contributed by atoms with Crippen molar-refractivity contribution in [3.63, 3.8) is 0 Å². The Hall–Kier alpha value is -1.56. The highest BCUT2D eigenvalue weighted by Crippen LogP contribution is 2.28. The van der Waals surface area contributed by atoms with E-state index in [1.165, 1.54) is 12.1 Å². The number of halogens is 3. The van der Waals surface area contributed by atoms with Gasteiger partial charge in [0, 0.05) is 5.69 Å². The molecule has 2 aromatic rings. The van der Waals surface area contributed by atoms with Gasteiger partial charge in [0.2, 0.25) is 0 Å². The Morgan fingerprint density at radius 1 is 1.11 bits per heavy atom. The maximum absolute atomic E-state index is 13.2. The molecule has 0 atom stereocenters. The van der Waals surface area contributed by atoms with Crippen molar-refractivity contribution in [2.24, 2.45) is 5.84 Å². The minimum Gasteiger partial charge on any atom is -0.340 e. The van der Waals surface area contributed by atoms with Crippen molar-refractivity contribution in [1.82, 2.24) is 4.98 Å². The number of hydrogen-bond acceptors (Lipinski definition) is 4. The Morgan fingerprint density at radius 3 is 2.33 bits per heavy atom. The Kier molecular flexibility index (Phi) is 3.86. The molecule has 2 rings (SSSR count). The highest BCUT2D eigenvalue weighted by molar-refractivity contribution is 6.35. The van der Waals surface area contributed by atoms with Crippen LogP contribution in [0.25, 0.3) is 0 Å². The molecule has 0 unspecified atom stereocenters. The Balaban J connectivity index is 2.28. The lowest BCUT2D eigenvalue weighted by molar-refractivity contribution is 0.629. The van der Waals surface area contributed by atoms with Gasteiger partial charge >= 0.3 is 0 Å². The molecule has 1 aromatic heterocycles. The predicted molar refractivity (Wildman–Crippen MR) is 71.7 cm³/mol. The van der Waals surface area contributed by atoms with Crippen molar-refractivity contribution in [2.75, 3.05) is 10.7 Å². The first kappa shape index (κ1) is 12.9. The summed E-state index contributed by atoms with van der Waals surface area (Å²) in [4.78, 5) is 4.14. The molecule has 4 nitrogen and oxygen atoms in total. The molecule has 0 radical (unpaired) electrons. The van der Waals surface area contributed by atoms with Crippen molar-refractivity contribution >= 4 is 40.5 Å². The lowest BCUT2D eigenvalue weighted by atomic mass is 10.3. The monoisotopic (exact) mass is 286 g/mol. The highest BCUT2D eigenvalue weighted by atomic mass is 35.5. The second kappa shape index (κ2) is 5.39. The van der Waals surface area contributed by atoms with Crippen LogP contribution in [0.15, 0.2) is 30.3 Å². The van der Waals surface area contributed by atoms with Gasteiger partial charge in [0.15, 0.2) is 5.82 Å². The third kappa shape index (κ3) is 2.81. The summed E-state index contributed by atoms with van der Waals surface area (Å²) >= 11 is 11.4. The lowest BCUT2D eigenvalue weighted by Gasteiger charge is -2.08. The average molecular weight is 287 g/mol. The zero-order chi connectivity index (χ0) is 13.1. The van der Waals surface area contributed by atoms with E-state index in [4.69, 9.17) is 29.0 Å². The number of rotatable bonds is 3. The van der Waals surface area contributed by atoms with Crippen LogP contribution in [0.1, 0.15) is 0 Å². The summed E-state index contributed by atoms with van der Waals surface area (Å²) in [7, 11) is 0. The summed E-state index contributed by atoms with van der Waals surface area (Å²) in [5, 5.41) is 2.83. The van der Waals surface area contributed by atoms with Gasteiger partial charge in [-0.1, -0.05) is 29.3 Å². The number of hydrogen-bond donors (Lipinski definition) is 3. The fourth-order valence-electron chi connectivity index (χ4n) is 1.36. The van der Waals surface area contributed by atoms with E-state index in [1.54, 1.807) is 18.2 Å². The smallest absolute Gasteiger partial charge is 0.160 e. The summed E-state index contributed by atoms with van der Waals surface area (Å²) in [6, 6.07) is 8.04. The van der Waals surface area contributed by atoms with Crippen LogP contribution in [0, 0.1) is 5.82 Å². The number of aromatic nitrogens is 1. The second-order valence-corrected chi connectivity index (χ2v) is 4.25. The summed E-state index contributed by atoms with van der Waals surface area (Å²) in [6.45, 7) is 0. The van der Waals surface area contributed by atoms with Crippen LogP contribution in [0.4, 0.5) is 21.7 Å². The molecule has 0 spiro atoms. The fraction of sp³-hybridized carbons (Fsp3) is 0. The average Bonchev–Trinajstić information content (AvgIpc) is 2.36. The molecule has 1 aromatic carbocycles. The molecule has 18 heavy (non-hydrogen) atoms. The third-order valence-electron chi connectivity index (χ3n) is 2.15. The number of benzene rings is 1. The molecule has 0 saturated carbocycles. The van der Waals surface area contributed by atoms with E-state index >= 15 is 0 Å². The van der Waals surface area contributed by atoms with E-state index < -0.39 is 5.82 Å². The molecule has 0 aliphatic carbocycles. The zero-order valence-electron chi connectivity index (χ0n) is 9.05. The molecule has 0 aliphatic rings. The molecule has 0 fully saturated rings.